The largest absolute Gasteiger partial charge is 0.389 e. The highest BCUT2D eigenvalue weighted by atomic mass is 32.1. The van der Waals surface area contributed by atoms with Gasteiger partial charge < -0.3 is 16.8 Å². The second-order valence-electron chi connectivity index (χ2n) is 3.32. The van der Waals surface area contributed by atoms with Crippen molar-refractivity contribution in [2.45, 2.75) is 13.0 Å². The molecule has 4 nitrogen and oxygen atoms in total. The van der Waals surface area contributed by atoms with E-state index in [1.54, 1.807) is 6.92 Å². The van der Waals surface area contributed by atoms with Gasteiger partial charge in [-0.2, -0.15) is 0 Å². The summed E-state index contributed by atoms with van der Waals surface area (Å²) in [6.07, 6.45) is 0. The summed E-state index contributed by atoms with van der Waals surface area (Å²) in [6, 6.07) is 3.33. The summed E-state index contributed by atoms with van der Waals surface area (Å²) in [4.78, 5) is 10.9. The number of rotatable bonds is 4. The Labute approximate surface area is 97.8 Å². The number of amides is 1. The number of nitrogens with one attached hydrogen (secondary N) is 1. The summed E-state index contributed by atoms with van der Waals surface area (Å²) >= 11 is 4.78. The first-order valence-corrected chi connectivity index (χ1v) is 4.98. The Morgan fingerprint density at radius 1 is 1.50 bits per heavy atom. The van der Waals surface area contributed by atoms with Gasteiger partial charge in [-0.05, 0) is 25.1 Å². The van der Waals surface area contributed by atoms with Gasteiger partial charge in [0.1, 0.15) is 16.8 Å². The van der Waals surface area contributed by atoms with Crippen LogP contribution in [-0.2, 0) is 4.79 Å². The molecule has 0 aromatic heterocycles. The first-order valence-electron chi connectivity index (χ1n) is 4.57. The zero-order valence-corrected chi connectivity index (χ0v) is 9.48. The maximum atomic E-state index is 13.0. The number of nitrogens with two attached hydrogens (primary N) is 2. The molecule has 0 saturated heterocycles. The monoisotopic (exact) mass is 241 g/mol. The summed E-state index contributed by atoms with van der Waals surface area (Å²) < 4.78 is 13.0. The number of primary amides is 1. The molecule has 0 fully saturated rings. The molecule has 16 heavy (non-hydrogen) atoms. The van der Waals surface area contributed by atoms with Crippen LogP contribution in [0, 0.1) is 5.82 Å². The minimum absolute atomic E-state index is 0.0543. The number of halogens is 1. The maximum absolute atomic E-state index is 13.0. The van der Waals surface area contributed by atoms with Crippen LogP contribution in [0.2, 0.25) is 0 Å². The summed E-state index contributed by atoms with van der Waals surface area (Å²) in [5.41, 5.74) is 11.4. The topological polar surface area (TPSA) is 81.1 Å². The summed E-state index contributed by atoms with van der Waals surface area (Å²) in [6.45, 7) is 1.59. The van der Waals surface area contributed by atoms with E-state index in [-0.39, 0.29) is 4.99 Å². The fourth-order valence-electron chi connectivity index (χ4n) is 1.15. The van der Waals surface area contributed by atoms with Gasteiger partial charge in [0.05, 0.1) is 0 Å². The molecule has 0 aliphatic carbocycles. The molecular weight excluding hydrogens is 229 g/mol. The van der Waals surface area contributed by atoms with Crippen LogP contribution in [0.15, 0.2) is 18.2 Å². The normalized spacial score (nSPS) is 11.9. The lowest BCUT2D eigenvalue weighted by molar-refractivity contribution is -0.118. The summed E-state index contributed by atoms with van der Waals surface area (Å²) in [5.74, 6) is -0.960. The van der Waals surface area contributed by atoms with Crippen LogP contribution in [0.3, 0.4) is 0 Å². The van der Waals surface area contributed by atoms with Crippen LogP contribution in [0.5, 0.6) is 0 Å². The van der Waals surface area contributed by atoms with Crippen molar-refractivity contribution in [3.05, 3.63) is 29.6 Å². The number of hydrogen-bond acceptors (Lipinski definition) is 3. The van der Waals surface area contributed by atoms with Crippen LogP contribution in [0.25, 0.3) is 0 Å². The van der Waals surface area contributed by atoms with E-state index >= 15 is 0 Å². The van der Waals surface area contributed by atoms with Gasteiger partial charge in [-0.3, -0.25) is 4.79 Å². The number of benzene rings is 1. The molecule has 0 spiro atoms. The third-order valence-electron chi connectivity index (χ3n) is 2.05. The van der Waals surface area contributed by atoms with E-state index in [4.69, 9.17) is 23.7 Å². The van der Waals surface area contributed by atoms with Crippen LogP contribution in [0.4, 0.5) is 10.1 Å². The van der Waals surface area contributed by atoms with Gasteiger partial charge >= 0.3 is 0 Å². The van der Waals surface area contributed by atoms with Gasteiger partial charge in [0.25, 0.3) is 0 Å². The molecule has 0 saturated carbocycles. The lowest BCUT2D eigenvalue weighted by Gasteiger charge is -2.15. The predicted molar refractivity (Wildman–Crippen MR) is 64.6 cm³/mol. The molecule has 0 heterocycles. The third kappa shape index (κ3) is 2.90. The molecule has 1 rings (SSSR count). The molecule has 1 aromatic carbocycles. The first kappa shape index (κ1) is 12.4. The smallest absolute Gasteiger partial charge is 0.239 e. The number of carbonyl (C=O) groups is 1. The molecule has 0 aliphatic rings. The SMILES string of the molecule is CC(Nc1ccc(F)cc1C(N)=S)C(N)=O. The van der Waals surface area contributed by atoms with Crippen LogP contribution in [0.1, 0.15) is 12.5 Å². The second kappa shape index (κ2) is 4.89. The van der Waals surface area contributed by atoms with Crippen molar-refractivity contribution in [1.82, 2.24) is 0 Å². The van der Waals surface area contributed by atoms with E-state index in [9.17, 15) is 9.18 Å². The molecule has 1 unspecified atom stereocenters. The third-order valence-corrected chi connectivity index (χ3v) is 2.27. The van der Waals surface area contributed by atoms with Crippen molar-refractivity contribution in [3.63, 3.8) is 0 Å². The first-order chi connectivity index (χ1) is 7.41. The molecule has 1 atom stereocenters. The summed E-state index contributed by atoms with van der Waals surface area (Å²) in [5, 5.41) is 2.81. The van der Waals surface area contributed by atoms with Crippen LogP contribution in [-0.4, -0.2) is 16.9 Å². The Balaban J connectivity index is 3.04. The standard InChI is InChI=1S/C10H12FN3OS/c1-5(9(12)15)14-8-3-2-6(11)4-7(8)10(13)16/h2-5,14H,1H3,(H2,12,15)(H2,13,16). The highest BCUT2D eigenvalue weighted by Gasteiger charge is 2.12. The second-order valence-corrected chi connectivity index (χ2v) is 3.76. The Kier molecular flexibility index (Phi) is 3.78. The van der Waals surface area contributed by atoms with E-state index in [0.717, 1.165) is 0 Å². The maximum Gasteiger partial charge on any atom is 0.239 e. The lowest BCUT2D eigenvalue weighted by Crippen LogP contribution is -2.33. The van der Waals surface area contributed by atoms with Crippen molar-refractivity contribution in [3.8, 4) is 0 Å². The molecule has 0 bridgehead atoms. The number of thiocarbonyl (C=S) groups is 1. The molecule has 1 amide bonds. The quantitative estimate of drug-likeness (QED) is 0.679. The molecular formula is C10H12FN3OS. The summed E-state index contributed by atoms with van der Waals surface area (Å²) in [7, 11) is 0. The average molecular weight is 241 g/mol. The molecule has 0 aliphatic heterocycles. The Morgan fingerprint density at radius 3 is 2.62 bits per heavy atom. The number of carbonyl (C=O) groups excluding carboxylic acids is 1. The van der Waals surface area contributed by atoms with Gasteiger partial charge in [0.15, 0.2) is 0 Å². The Morgan fingerprint density at radius 2 is 2.12 bits per heavy atom. The van der Waals surface area contributed by atoms with Crippen LogP contribution >= 0.6 is 12.2 Å². The fourth-order valence-corrected chi connectivity index (χ4v) is 1.32. The number of anilines is 1. The zero-order chi connectivity index (χ0) is 12.3. The number of hydrogen-bond donors (Lipinski definition) is 3. The van der Waals surface area contributed by atoms with Gasteiger partial charge in [0.2, 0.25) is 5.91 Å². The van der Waals surface area contributed by atoms with E-state index < -0.39 is 17.8 Å². The van der Waals surface area contributed by atoms with Gasteiger partial charge in [0, 0.05) is 11.3 Å². The van der Waals surface area contributed by atoms with Gasteiger partial charge in [-0.25, -0.2) is 4.39 Å². The van der Waals surface area contributed by atoms with Gasteiger partial charge in [-0.1, -0.05) is 12.2 Å². The molecule has 5 N–H and O–H groups in total. The van der Waals surface area contributed by atoms with Gasteiger partial charge in [-0.15, -0.1) is 0 Å². The molecule has 0 radical (unpaired) electrons. The Bertz CT molecular complexity index is 436. The minimum Gasteiger partial charge on any atom is -0.389 e. The highest BCUT2D eigenvalue weighted by molar-refractivity contribution is 7.80. The van der Waals surface area contributed by atoms with Crippen molar-refractivity contribution in [1.29, 1.82) is 0 Å². The Hall–Kier alpha value is -1.69. The van der Waals surface area contributed by atoms with Crippen molar-refractivity contribution in [2.75, 3.05) is 5.32 Å². The van der Waals surface area contributed by atoms with Crippen molar-refractivity contribution < 1.29 is 9.18 Å². The minimum atomic E-state index is -0.585. The van der Waals surface area contributed by atoms with E-state index in [1.165, 1.54) is 18.2 Å². The van der Waals surface area contributed by atoms with Crippen molar-refractivity contribution in [2.24, 2.45) is 11.5 Å². The van der Waals surface area contributed by atoms with Crippen LogP contribution < -0.4 is 16.8 Å². The highest BCUT2D eigenvalue weighted by Crippen LogP contribution is 2.17. The predicted octanol–water partition coefficient (Wildman–Crippen LogP) is 0.746. The molecule has 6 heteroatoms. The van der Waals surface area contributed by atoms with Crippen molar-refractivity contribution >= 4 is 28.8 Å². The molecule has 1 aromatic rings. The average Bonchev–Trinajstić information content (AvgIpc) is 2.20. The molecule has 86 valence electrons. The van der Waals surface area contributed by atoms with E-state index in [1.807, 2.05) is 0 Å². The van der Waals surface area contributed by atoms with E-state index in [0.29, 0.717) is 11.3 Å². The zero-order valence-electron chi connectivity index (χ0n) is 8.66. The fraction of sp³-hybridized carbons (Fsp3) is 0.200. The van der Waals surface area contributed by atoms with E-state index in [2.05, 4.69) is 5.32 Å². The lowest BCUT2D eigenvalue weighted by atomic mass is 10.1.